The van der Waals surface area contributed by atoms with E-state index in [0.717, 1.165) is 22.1 Å². The molecule has 0 radical (unpaired) electrons. The second-order valence-corrected chi connectivity index (χ2v) is 3.56. The van der Waals surface area contributed by atoms with Crippen molar-refractivity contribution in [3.63, 3.8) is 0 Å². The Balaban J connectivity index is 2.85. The van der Waals surface area contributed by atoms with Crippen molar-refractivity contribution in [1.82, 2.24) is 9.97 Å². The zero-order valence-electron chi connectivity index (χ0n) is 8.41. The van der Waals surface area contributed by atoms with Gasteiger partial charge in [-0.05, 0) is 23.7 Å². The van der Waals surface area contributed by atoms with Crippen molar-refractivity contribution in [2.75, 3.05) is 12.8 Å². The smallest absolute Gasteiger partial charge is 0.224 e. The summed E-state index contributed by atoms with van der Waals surface area (Å²) in [5.41, 5.74) is 7.47. The first-order valence-electron chi connectivity index (χ1n) is 4.39. The molecule has 2 N–H and O–H groups in total. The number of fused-ring (bicyclic) bond motifs is 1. The Kier molecular flexibility index (Phi) is 2.40. The van der Waals surface area contributed by atoms with E-state index in [9.17, 15) is 0 Å². The van der Waals surface area contributed by atoms with Gasteiger partial charge in [-0.2, -0.15) is 0 Å². The third-order valence-corrected chi connectivity index (χ3v) is 2.37. The van der Waals surface area contributed by atoms with E-state index in [2.05, 4.69) is 9.97 Å². The van der Waals surface area contributed by atoms with Crippen molar-refractivity contribution < 1.29 is 4.74 Å². The summed E-state index contributed by atoms with van der Waals surface area (Å²) in [7, 11) is 3.53. The maximum absolute atomic E-state index is 5.76. The molecule has 1 heterocycles. The molecule has 6 heteroatoms. The van der Waals surface area contributed by atoms with Gasteiger partial charge in [0.1, 0.15) is 19.4 Å². The number of aromatic nitrogens is 2. The molecule has 0 saturated heterocycles. The van der Waals surface area contributed by atoms with Crippen LogP contribution in [0.5, 0.6) is 5.75 Å². The Morgan fingerprint density at radius 2 is 2.13 bits per heavy atom. The fraction of sp³-hybridized carbons (Fsp3) is 0.111. The molecule has 0 aliphatic carbocycles. The largest absolute Gasteiger partial charge is 0.497 e. The molecule has 0 aliphatic heterocycles. The van der Waals surface area contributed by atoms with Crippen molar-refractivity contribution >= 4 is 41.6 Å². The fourth-order valence-electron chi connectivity index (χ4n) is 1.48. The molecule has 0 unspecified atom stereocenters. The first-order valence-corrected chi connectivity index (χ1v) is 4.77. The van der Waals surface area contributed by atoms with E-state index in [1.54, 1.807) is 13.2 Å². The summed E-state index contributed by atoms with van der Waals surface area (Å²) in [6.45, 7) is 0. The number of hydrogen-bond donors (Lipinski definition) is 1. The van der Waals surface area contributed by atoms with Gasteiger partial charge in [-0.15, -0.1) is 0 Å². The third-order valence-electron chi connectivity index (χ3n) is 2.20. The average molecular weight is 221 g/mol. The number of halogens is 1. The van der Waals surface area contributed by atoms with Crippen LogP contribution in [0.4, 0.5) is 5.82 Å². The molecule has 0 atom stereocenters. The molecule has 0 bridgehead atoms. The molecule has 0 fully saturated rings. The molecule has 0 spiro atoms. The summed E-state index contributed by atoms with van der Waals surface area (Å²) in [6.07, 6.45) is 0. The monoisotopic (exact) mass is 221 g/mol. The van der Waals surface area contributed by atoms with E-state index in [1.165, 1.54) is 0 Å². The van der Waals surface area contributed by atoms with Crippen LogP contribution in [-0.4, -0.2) is 24.9 Å². The molecular formula is C9H9BClN3O. The van der Waals surface area contributed by atoms with E-state index in [0.29, 0.717) is 5.82 Å². The van der Waals surface area contributed by atoms with E-state index in [-0.39, 0.29) is 5.28 Å². The number of methoxy groups -OCH3 is 1. The summed E-state index contributed by atoms with van der Waals surface area (Å²) in [6, 6.07) is 3.68. The second-order valence-electron chi connectivity index (χ2n) is 3.22. The van der Waals surface area contributed by atoms with Crippen molar-refractivity contribution in [1.29, 1.82) is 0 Å². The van der Waals surface area contributed by atoms with Crippen LogP contribution in [0, 0.1) is 0 Å². The van der Waals surface area contributed by atoms with Crippen LogP contribution in [0.25, 0.3) is 10.9 Å². The summed E-state index contributed by atoms with van der Waals surface area (Å²) < 4.78 is 5.14. The first-order chi connectivity index (χ1) is 7.11. The minimum absolute atomic E-state index is 0.160. The van der Waals surface area contributed by atoms with Crippen molar-refractivity contribution in [2.24, 2.45) is 0 Å². The third kappa shape index (κ3) is 1.70. The lowest BCUT2D eigenvalue weighted by atomic mass is 9.93. The number of benzene rings is 1. The highest BCUT2D eigenvalue weighted by atomic mass is 35.5. The molecule has 2 aromatic rings. The number of ether oxygens (including phenoxy) is 1. The molecule has 15 heavy (non-hydrogen) atoms. The van der Waals surface area contributed by atoms with E-state index in [1.807, 2.05) is 13.9 Å². The minimum atomic E-state index is 0.160. The van der Waals surface area contributed by atoms with Crippen LogP contribution in [-0.2, 0) is 0 Å². The summed E-state index contributed by atoms with van der Waals surface area (Å²) in [4.78, 5) is 8.03. The lowest BCUT2D eigenvalue weighted by Gasteiger charge is -2.07. The molecule has 4 nitrogen and oxygen atoms in total. The topological polar surface area (TPSA) is 61.0 Å². The Labute approximate surface area is 92.8 Å². The van der Waals surface area contributed by atoms with Gasteiger partial charge in [0, 0.05) is 5.39 Å². The Bertz CT molecular complexity index is 532. The average Bonchev–Trinajstić information content (AvgIpc) is 2.19. The Morgan fingerprint density at radius 3 is 2.80 bits per heavy atom. The van der Waals surface area contributed by atoms with E-state index in [4.69, 9.17) is 22.1 Å². The first kappa shape index (κ1) is 10.0. The van der Waals surface area contributed by atoms with Gasteiger partial charge in [-0.3, -0.25) is 0 Å². The standard InChI is InChI=1S/C9H9BClN3O/c1-15-4-2-5-7(6(10)3-4)13-9(11)14-8(5)12/h2-3H,10H2,1H3,(H2,12,13,14). The summed E-state index contributed by atoms with van der Waals surface area (Å²) in [5, 5.41) is 0.921. The van der Waals surface area contributed by atoms with Crippen LogP contribution in [0.15, 0.2) is 12.1 Å². The zero-order valence-corrected chi connectivity index (χ0v) is 9.17. The van der Waals surface area contributed by atoms with Crippen LogP contribution < -0.4 is 15.9 Å². The van der Waals surface area contributed by atoms with Crippen molar-refractivity contribution in [3.8, 4) is 5.75 Å². The maximum atomic E-state index is 5.76. The summed E-state index contributed by atoms with van der Waals surface area (Å²) >= 11 is 5.74. The number of anilines is 1. The summed E-state index contributed by atoms with van der Waals surface area (Å²) in [5.74, 6) is 1.10. The normalized spacial score (nSPS) is 10.5. The van der Waals surface area contributed by atoms with Crippen molar-refractivity contribution in [3.05, 3.63) is 17.4 Å². The molecule has 1 aromatic heterocycles. The lowest BCUT2D eigenvalue weighted by molar-refractivity contribution is 0.416. The van der Waals surface area contributed by atoms with Gasteiger partial charge in [-0.25, -0.2) is 9.97 Å². The Morgan fingerprint density at radius 1 is 1.40 bits per heavy atom. The molecule has 0 saturated carbocycles. The fourth-order valence-corrected chi connectivity index (χ4v) is 1.66. The Hall–Kier alpha value is -1.49. The number of nitrogens with two attached hydrogens (primary N) is 1. The van der Waals surface area contributed by atoms with Crippen LogP contribution in [0.3, 0.4) is 0 Å². The highest BCUT2D eigenvalue weighted by Crippen LogP contribution is 2.22. The molecule has 76 valence electrons. The lowest BCUT2D eigenvalue weighted by Crippen LogP contribution is -2.09. The molecule has 1 aromatic carbocycles. The van der Waals surface area contributed by atoms with Gasteiger partial charge in [0.2, 0.25) is 5.28 Å². The molecule has 0 amide bonds. The SMILES string of the molecule is Bc1cc(OC)cc2c(N)nc(Cl)nc12. The van der Waals surface area contributed by atoms with Gasteiger partial charge in [0.05, 0.1) is 12.6 Å². The van der Waals surface area contributed by atoms with Crippen LogP contribution >= 0.6 is 11.6 Å². The van der Waals surface area contributed by atoms with Gasteiger partial charge in [-0.1, -0.05) is 5.46 Å². The quantitative estimate of drug-likeness (QED) is 0.549. The van der Waals surface area contributed by atoms with Gasteiger partial charge < -0.3 is 10.5 Å². The van der Waals surface area contributed by atoms with Gasteiger partial charge in [0.15, 0.2) is 0 Å². The number of rotatable bonds is 1. The van der Waals surface area contributed by atoms with Crippen LogP contribution in [0.2, 0.25) is 5.28 Å². The molecular weight excluding hydrogens is 212 g/mol. The number of nitrogen functional groups attached to an aromatic ring is 1. The van der Waals surface area contributed by atoms with Gasteiger partial charge >= 0.3 is 0 Å². The maximum Gasteiger partial charge on any atom is 0.224 e. The molecule has 0 aliphatic rings. The van der Waals surface area contributed by atoms with Crippen molar-refractivity contribution in [2.45, 2.75) is 0 Å². The van der Waals surface area contributed by atoms with E-state index < -0.39 is 0 Å². The predicted molar refractivity (Wildman–Crippen MR) is 63.7 cm³/mol. The minimum Gasteiger partial charge on any atom is -0.497 e. The highest BCUT2D eigenvalue weighted by molar-refractivity contribution is 6.39. The predicted octanol–water partition coefficient (Wildman–Crippen LogP) is 0.132. The molecule has 2 rings (SSSR count). The highest BCUT2D eigenvalue weighted by Gasteiger charge is 2.08. The zero-order chi connectivity index (χ0) is 11.0. The second kappa shape index (κ2) is 3.58. The van der Waals surface area contributed by atoms with Crippen LogP contribution in [0.1, 0.15) is 0 Å². The number of nitrogens with zero attached hydrogens (tertiary/aromatic N) is 2. The number of hydrogen-bond acceptors (Lipinski definition) is 4. The van der Waals surface area contributed by atoms with E-state index >= 15 is 0 Å². The van der Waals surface area contributed by atoms with Gasteiger partial charge in [0.25, 0.3) is 0 Å².